The monoisotopic (exact) mass is 323 g/mol. The third-order valence-corrected chi connectivity index (χ3v) is 3.09. The normalized spacial score (nSPS) is 11.8. The Morgan fingerprint density at radius 2 is 2.04 bits per heavy atom. The van der Waals surface area contributed by atoms with Crippen molar-refractivity contribution in [2.45, 2.75) is 12.7 Å². The van der Waals surface area contributed by atoms with Gasteiger partial charge in [-0.15, -0.1) is 0 Å². The maximum absolute atomic E-state index is 12.7. The summed E-state index contributed by atoms with van der Waals surface area (Å²) in [5.41, 5.74) is 0.672. The minimum absolute atomic E-state index is 0.0128. The summed E-state index contributed by atoms with van der Waals surface area (Å²) >= 11 is 0. The van der Waals surface area contributed by atoms with Crippen molar-refractivity contribution in [3.8, 4) is 0 Å². The molecule has 0 atom stereocenters. The first-order valence-corrected chi connectivity index (χ1v) is 6.33. The van der Waals surface area contributed by atoms with E-state index in [2.05, 4.69) is 15.0 Å². The molecule has 0 saturated carbocycles. The molecule has 0 unspecified atom stereocenters. The maximum Gasteiger partial charge on any atom is 0.451 e. The second-order valence-corrected chi connectivity index (χ2v) is 4.70. The molecule has 118 valence electrons. The second kappa shape index (κ2) is 5.30. The van der Waals surface area contributed by atoms with Gasteiger partial charge >= 0.3 is 6.18 Å². The zero-order chi connectivity index (χ0) is 16.6. The Bertz CT molecular complexity index is 891. The predicted octanol–water partition coefficient (Wildman–Crippen LogP) is 2.80. The van der Waals surface area contributed by atoms with E-state index in [0.717, 1.165) is 6.20 Å². The molecule has 0 N–H and O–H groups in total. The summed E-state index contributed by atoms with van der Waals surface area (Å²) < 4.78 is 39.5. The first kappa shape index (κ1) is 14.9. The number of nitro benzene ring substituents is 1. The number of imidazole rings is 1. The highest BCUT2D eigenvalue weighted by Gasteiger charge is 2.35. The van der Waals surface area contributed by atoms with Gasteiger partial charge < -0.3 is 4.57 Å². The van der Waals surface area contributed by atoms with E-state index in [-0.39, 0.29) is 23.4 Å². The lowest BCUT2D eigenvalue weighted by atomic mass is 10.2. The van der Waals surface area contributed by atoms with Crippen molar-refractivity contribution < 1.29 is 18.1 Å². The molecule has 0 radical (unpaired) electrons. The largest absolute Gasteiger partial charge is 0.451 e. The van der Waals surface area contributed by atoms with Crippen molar-refractivity contribution in [3.63, 3.8) is 0 Å². The molecule has 0 spiro atoms. The van der Waals surface area contributed by atoms with Crippen LogP contribution in [0.3, 0.4) is 0 Å². The fraction of sp³-hybridized carbons (Fsp3) is 0.154. The van der Waals surface area contributed by atoms with Gasteiger partial charge in [-0.3, -0.25) is 10.1 Å². The average Bonchev–Trinajstić information content (AvgIpc) is 2.89. The summed E-state index contributed by atoms with van der Waals surface area (Å²) in [7, 11) is 0. The Morgan fingerprint density at radius 1 is 1.26 bits per heavy atom. The van der Waals surface area contributed by atoms with E-state index in [1.807, 2.05) is 0 Å². The number of hydrogen-bond acceptors (Lipinski definition) is 5. The fourth-order valence-corrected chi connectivity index (χ4v) is 2.07. The van der Waals surface area contributed by atoms with Gasteiger partial charge in [-0.1, -0.05) is 12.1 Å². The van der Waals surface area contributed by atoms with Crippen molar-refractivity contribution in [3.05, 3.63) is 58.3 Å². The first-order valence-electron chi connectivity index (χ1n) is 6.33. The van der Waals surface area contributed by atoms with E-state index in [1.54, 1.807) is 6.07 Å². The van der Waals surface area contributed by atoms with E-state index < -0.39 is 16.9 Å². The number of aromatic nitrogens is 4. The molecule has 0 amide bonds. The Kier molecular flexibility index (Phi) is 3.43. The van der Waals surface area contributed by atoms with Gasteiger partial charge in [0, 0.05) is 12.1 Å². The van der Waals surface area contributed by atoms with Crippen LogP contribution in [0.2, 0.25) is 0 Å². The topological polar surface area (TPSA) is 86.7 Å². The fourth-order valence-electron chi connectivity index (χ4n) is 2.07. The van der Waals surface area contributed by atoms with Crippen LogP contribution in [0.4, 0.5) is 18.9 Å². The van der Waals surface area contributed by atoms with Crippen molar-refractivity contribution in [1.29, 1.82) is 0 Å². The number of rotatable bonds is 3. The molecule has 23 heavy (non-hydrogen) atoms. The van der Waals surface area contributed by atoms with Gasteiger partial charge in [0.25, 0.3) is 5.69 Å². The number of benzene rings is 1. The highest BCUT2D eigenvalue weighted by atomic mass is 19.4. The van der Waals surface area contributed by atoms with Gasteiger partial charge in [-0.25, -0.2) is 15.0 Å². The summed E-state index contributed by atoms with van der Waals surface area (Å²) in [4.78, 5) is 20.9. The highest BCUT2D eigenvalue weighted by molar-refractivity contribution is 5.69. The molecule has 0 bridgehead atoms. The number of halogens is 3. The highest BCUT2D eigenvalue weighted by Crippen LogP contribution is 2.27. The van der Waals surface area contributed by atoms with E-state index in [9.17, 15) is 23.3 Å². The molecule has 0 aliphatic rings. The quantitative estimate of drug-likeness (QED) is 0.546. The van der Waals surface area contributed by atoms with Gasteiger partial charge in [0.2, 0.25) is 5.82 Å². The number of nitro groups is 1. The maximum atomic E-state index is 12.7. The SMILES string of the molecule is O=[N+]([O-])c1cccc(Cn2cnc3cnc(C(F)(F)F)nc32)c1. The lowest BCUT2D eigenvalue weighted by molar-refractivity contribution is -0.384. The smallest absolute Gasteiger partial charge is 0.311 e. The Balaban J connectivity index is 2.00. The summed E-state index contributed by atoms with van der Waals surface area (Å²) in [6, 6.07) is 5.81. The van der Waals surface area contributed by atoms with Crippen molar-refractivity contribution in [2.24, 2.45) is 0 Å². The number of nitrogens with zero attached hydrogens (tertiary/aromatic N) is 5. The molecular formula is C13H8F3N5O2. The van der Waals surface area contributed by atoms with Crippen LogP contribution in [0.15, 0.2) is 36.8 Å². The van der Waals surface area contributed by atoms with Gasteiger partial charge in [0.05, 0.1) is 24.0 Å². The molecule has 1 aromatic carbocycles. The summed E-state index contributed by atoms with van der Waals surface area (Å²) in [5, 5.41) is 10.8. The molecule has 3 rings (SSSR count). The molecule has 7 nitrogen and oxygen atoms in total. The van der Waals surface area contributed by atoms with Crippen LogP contribution < -0.4 is 0 Å². The van der Waals surface area contributed by atoms with Gasteiger partial charge in [0.15, 0.2) is 5.65 Å². The summed E-state index contributed by atoms with van der Waals surface area (Å²) in [6.07, 6.45) is -2.34. The minimum Gasteiger partial charge on any atom is -0.311 e. The Morgan fingerprint density at radius 3 is 2.74 bits per heavy atom. The van der Waals surface area contributed by atoms with Gasteiger partial charge in [-0.05, 0) is 5.56 Å². The van der Waals surface area contributed by atoms with E-state index >= 15 is 0 Å². The molecule has 0 aliphatic carbocycles. The van der Waals surface area contributed by atoms with Gasteiger partial charge in [0.1, 0.15) is 5.52 Å². The first-order chi connectivity index (χ1) is 10.8. The number of alkyl halides is 3. The van der Waals surface area contributed by atoms with Crippen LogP contribution >= 0.6 is 0 Å². The predicted molar refractivity (Wildman–Crippen MR) is 72.5 cm³/mol. The van der Waals surface area contributed by atoms with Gasteiger partial charge in [-0.2, -0.15) is 13.2 Å². The van der Waals surface area contributed by atoms with Crippen LogP contribution in [0.5, 0.6) is 0 Å². The standard InChI is InChI=1S/C13H8F3N5O2/c14-13(15,16)12-17-5-10-11(19-12)20(7-18-10)6-8-2-1-3-9(4-8)21(22)23/h1-5,7H,6H2. The lowest BCUT2D eigenvalue weighted by Crippen LogP contribution is -2.11. The molecule has 3 aromatic rings. The van der Waals surface area contributed by atoms with Crippen LogP contribution in [-0.2, 0) is 12.7 Å². The third kappa shape index (κ3) is 2.96. The lowest BCUT2D eigenvalue weighted by Gasteiger charge is -2.06. The molecule has 2 aromatic heterocycles. The molecule has 0 saturated heterocycles. The minimum atomic E-state index is -4.66. The van der Waals surface area contributed by atoms with Crippen molar-refractivity contribution >= 4 is 16.9 Å². The van der Waals surface area contributed by atoms with E-state index in [0.29, 0.717) is 5.56 Å². The van der Waals surface area contributed by atoms with E-state index in [1.165, 1.54) is 29.1 Å². The third-order valence-electron chi connectivity index (χ3n) is 3.09. The summed E-state index contributed by atoms with van der Waals surface area (Å²) in [5.74, 6) is -1.26. The Hall–Kier alpha value is -3.04. The van der Waals surface area contributed by atoms with Crippen molar-refractivity contribution in [1.82, 2.24) is 19.5 Å². The summed E-state index contributed by atoms with van der Waals surface area (Å²) in [6.45, 7) is 0.104. The van der Waals surface area contributed by atoms with Crippen LogP contribution in [0, 0.1) is 10.1 Å². The molecule has 0 aliphatic heterocycles. The average molecular weight is 323 g/mol. The Labute approximate surface area is 126 Å². The number of fused-ring (bicyclic) bond motifs is 1. The van der Waals surface area contributed by atoms with Crippen LogP contribution in [0.1, 0.15) is 11.4 Å². The molecule has 2 heterocycles. The zero-order valence-electron chi connectivity index (χ0n) is 11.4. The van der Waals surface area contributed by atoms with Crippen LogP contribution in [-0.4, -0.2) is 24.4 Å². The number of non-ortho nitro benzene ring substituents is 1. The second-order valence-electron chi connectivity index (χ2n) is 4.70. The number of hydrogen-bond donors (Lipinski definition) is 0. The van der Waals surface area contributed by atoms with Crippen LogP contribution in [0.25, 0.3) is 11.2 Å². The van der Waals surface area contributed by atoms with Crippen molar-refractivity contribution in [2.75, 3.05) is 0 Å². The van der Waals surface area contributed by atoms with E-state index in [4.69, 9.17) is 0 Å². The molecular weight excluding hydrogens is 315 g/mol. The molecule has 0 fully saturated rings. The molecule has 10 heteroatoms. The zero-order valence-corrected chi connectivity index (χ0v) is 11.4.